The molecule has 26 heavy (non-hydrogen) atoms. The van der Waals surface area contributed by atoms with Crippen molar-refractivity contribution in [1.29, 1.82) is 0 Å². The van der Waals surface area contributed by atoms with Crippen molar-refractivity contribution in [1.82, 2.24) is 14.7 Å². The van der Waals surface area contributed by atoms with Gasteiger partial charge in [0.15, 0.2) is 0 Å². The number of hydrogen-bond donors (Lipinski definition) is 0. The van der Waals surface area contributed by atoms with Crippen LogP contribution in [0, 0.1) is 5.82 Å². The normalized spacial score (nSPS) is 15.3. The van der Waals surface area contributed by atoms with Crippen molar-refractivity contribution in [3.8, 4) is 11.1 Å². The van der Waals surface area contributed by atoms with Gasteiger partial charge in [0.2, 0.25) is 5.91 Å². The molecule has 0 unspecified atom stereocenters. The lowest BCUT2D eigenvalue weighted by atomic mass is 10.0. The Balaban J connectivity index is 1.58. The van der Waals surface area contributed by atoms with Crippen LogP contribution in [0.25, 0.3) is 22.0 Å². The van der Waals surface area contributed by atoms with Gasteiger partial charge in [-0.3, -0.25) is 9.48 Å². The monoisotopic (exact) mass is 349 g/mol. The average molecular weight is 349 g/mol. The molecular weight excluding hydrogens is 329 g/mol. The maximum absolute atomic E-state index is 14.0. The van der Waals surface area contributed by atoms with Crippen molar-refractivity contribution in [3.63, 3.8) is 0 Å². The summed E-state index contributed by atoms with van der Waals surface area (Å²) in [5.74, 6) is -0.242. The molecule has 4 rings (SSSR count). The zero-order valence-corrected chi connectivity index (χ0v) is 14.4. The average Bonchev–Trinajstić information content (AvgIpc) is 3.11. The van der Waals surface area contributed by atoms with E-state index < -0.39 is 0 Å². The lowest BCUT2D eigenvalue weighted by Gasteiger charge is -2.31. The molecule has 0 N–H and O–H groups in total. The summed E-state index contributed by atoms with van der Waals surface area (Å²) < 4.78 is 16.0. The van der Waals surface area contributed by atoms with Crippen LogP contribution in [0.4, 0.5) is 4.39 Å². The molecule has 0 aliphatic carbocycles. The quantitative estimate of drug-likeness (QED) is 0.665. The lowest BCUT2D eigenvalue weighted by molar-refractivity contribution is -0.127. The van der Waals surface area contributed by atoms with E-state index in [0.29, 0.717) is 18.7 Å². The molecule has 0 atom stereocenters. The minimum atomic E-state index is -0.231. The molecule has 5 heteroatoms. The van der Waals surface area contributed by atoms with Gasteiger partial charge in [-0.1, -0.05) is 36.9 Å². The fourth-order valence-electron chi connectivity index (χ4n) is 3.57. The second kappa shape index (κ2) is 6.75. The Morgan fingerprint density at radius 3 is 2.69 bits per heavy atom. The van der Waals surface area contributed by atoms with Gasteiger partial charge < -0.3 is 4.90 Å². The van der Waals surface area contributed by atoms with E-state index in [-0.39, 0.29) is 17.8 Å². The van der Waals surface area contributed by atoms with Crippen molar-refractivity contribution < 1.29 is 9.18 Å². The number of fused-ring (bicyclic) bond motifs is 1. The number of nitrogens with zero attached hydrogens (tertiary/aromatic N) is 3. The van der Waals surface area contributed by atoms with Crippen LogP contribution in [0.1, 0.15) is 18.9 Å². The van der Waals surface area contributed by atoms with Gasteiger partial charge in [0.25, 0.3) is 0 Å². The van der Waals surface area contributed by atoms with Crippen molar-refractivity contribution in [2.45, 2.75) is 18.9 Å². The van der Waals surface area contributed by atoms with Gasteiger partial charge in [0.1, 0.15) is 5.82 Å². The third-order valence-corrected chi connectivity index (χ3v) is 5.03. The standard InChI is InChI=1S/C21H20FN3O/c1-2-21(26)24-11-9-17(10-12-24)25-14-16-8-7-15(13-20(16)23-25)18-5-3-4-6-19(18)22/h2-8,13-14,17H,1,9-12H2. The molecule has 3 aromatic rings. The fraction of sp³-hybridized carbons (Fsp3) is 0.238. The van der Waals surface area contributed by atoms with E-state index in [2.05, 4.69) is 6.58 Å². The predicted molar refractivity (Wildman–Crippen MR) is 100 cm³/mol. The number of carbonyl (C=O) groups excluding carboxylic acids is 1. The summed E-state index contributed by atoms with van der Waals surface area (Å²) in [6.45, 7) is 4.97. The van der Waals surface area contributed by atoms with Gasteiger partial charge in [-0.2, -0.15) is 5.10 Å². The van der Waals surface area contributed by atoms with E-state index in [1.807, 2.05) is 40.0 Å². The molecule has 1 fully saturated rings. The molecule has 1 amide bonds. The van der Waals surface area contributed by atoms with Gasteiger partial charge in [-0.25, -0.2) is 4.39 Å². The van der Waals surface area contributed by atoms with E-state index >= 15 is 0 Å². The van der Waals surface area contributed by atoms with E-state index in [4.69, 9.17) is 5.10 Å². The number of amides is 1. The predicted octanol–water partition coefficient (Wildman–Crippen LogP) is 4.19. The highest BCUT2D eigenvalue weighted by molar-refractivity contribution is 5.87. The number of hydrogen-bond acceptors (Lipinski definition) is 2. The minimum absolute atomic E-state index is 0.0106. The number of benzene rings is 2. The Morgan fingerprint density at radius 1 is 1.19 bits per heavy atom. The van der Waals surface area contributed by atoms with Crippen LogP contribution in [0.2, 0.25) is 0 Å². The second-order valence-corrected chi connectivity index (χ2v) is 6.62. The first-order valence-electron chi connectivity index (χ1n) is 8.81. The number of likely N-dealkylation sites (tertiary alicyclic amines) is 1. The van der Waals surface area contributed by atoms with Crippen LogP contribution >= 0.6 is 0 Å². The molecule has 0 saturated carbocycles. The van der Waals surface area contributed by atoms with Gasteiger partial charge in [-0.15, -0.1) is 0 Å². The summed E-state index contributed by atoms with van der Waals surface area (Å²) in [6.07, 6.45) is 5.14. The van der Waals surface area contributed by atoms with Gasteiger partial charge >= 0.3 is 0 Å². The second-order valence-electron chi connectivity index (χ2n) is 6.62. The molecule has 2 aromatic carbocycles. The Bertz CT molecular complexity index is 970. The SMILES string of the molecule is C=CC(=O)N1CCC(n2cc3ccc(-c4ccccc4F)cc3n2)CC1. The summed E-state index contributed by atoms with van der Waals surface area (Å²) in [5, 5.41) is 5.75. The topological polar surface area (TPSA) is 38.1 Å². The Hall–Kier alpha value is -2.95. The molecule has 1 saturated heterocycles. The smallest absolute Gasteiger partial charge is 0.245 e. The summed E-state index contributed by atoms with van der Waals surface area (Å²) in [6, 6.07) is 12.9. The van der Waals surface area contributed by atoms with Crippen LogP contribution in [0.5, 0.6) is 0 Å². The first kappa shape index (κ1) is 16.5. The largest absolute Gasteiger partial charge is 0.339 e. The van der Waals surface area contributed by atoms with E-state index in [0.717, 1.165) is 29.3 Å². The zero-order chi connectivity index (χ0) is 18.1. The Kier molecular flexibility index (Phi) is 4.29. The molecule has 0 spiro atoms. The molecule has 1 aromatic heterocycles. The minimum Gasteiger partial charge on any atom is -0.339 e. The van der Waals surface area contributed by atoms with Crippen molar-refractivity contribution in [2.75, 3.05) is 13.1 Å². The first-order valence-corrected chi connectivity index (χ1v) is 8.81. The van der Waals surface area contributed by atoms with E-state index in [1.54, 1.807) is 12.1 Å². The van der Waals surface area contributed by atoms with Crippen molar-refractivity contribution in [2.24, 2.45) is 0 Å². The van der Waals surface area contributed by atoms with E-state index in [9.17, 15) is 9.18 Å². The van der Waals surface area contributed by atoms with E-state index in [1.165, 1.54) is 12.1 Å². The molecule has 2 heterocycles. The number of halogens is 1. The van der Waals surface area contributed by atoms with Gasteiger partial charge in [0, 0.05) is 30.2 Å². The number of carbonyl (C=O) groups is 1. The number of piperidine rings is 1. The Labute approximate surface area is 151 Å². The number of aromatic nitrogens is 2. The number of rotatable bonds is 3. The lowest BCUT2D eigenvalue weighted by Crippen LogP contribution is -2.38. The molecule has 132 valence electrons. The fourth-order valence-corrected chi connectivity index (χ4v) is 3.57. The maximum atomic E-state index is 14.0. The summed E-state index contributed by atoms with van der Waals surface area (Å²) in [4.78, 5) is 13.5. The third-order valence-electron chi connectivity index (χ3n) is 5.03. The van der Waals surface area contributed by atoms with Crippen LogP contribution in [-0.2, 0) is 4.79 Å². The van der Waals surface area contributed by atoms with Crippen LogP contribution in [-0.4, -0.2) is 33.7 Å². The molecule has 4 nitrogen and oxygen atoms in total. The highest BCUT2D eigenvalue weighted by Crippen LogP contribution is 2.28. The Morgan fingerprint density at radius 2 is 1.96 bits per heavy atom. The third kappa shape index (κ3) is 3.01. The zero-order valence-electron chi connectivity index (χ0n) is 14.4. The molecular formula is C21H20FN3O. The van der Waals surface area contributed by atoms with Crippen LogP contribution in [0.3, 0.4) is 0 Å². The molecule has 0 radical (unpaired) electrons. The molecule has 0 bridgehead atoms. The summed E-state index contributed by atoms with van der Waals surface area (Å²) >= 11 is 0. The van der Waals surface area contributed by atoms with Gasteiger partial charge in [-0.05, 0) is 36.6 Å². The summed E-state index contributed by atoms with van der Waals surface area (Å²) in [7, 11) is 0. The maximum Gasteiger partial charge on any atom is 0.245 e. The first-order chi connectivity index (χ1) is 12.7. The molecule has 1 aliphatic rings. The summed E-state index contributed by atoms with van der Waals surface area (Å²) in [5.41, 5.74) is 2.27. The van der Waals surface area contributed by atoms with Crippen molar-refractivity contribution >= 4 is 16.8 Å². The van der Waals surface area contributed by atoms with Crippen LogP contribution < -0.4 is 0 Å². The highest BCUT2D eigenvalue weighted by Gasteiger charge is 2.23. The highest BCUT2D eigenvalue weighted by atomic mass is 19.1. The van der Waals surface area contributed by atoms with Gasteiger partial charge in [0.05, 0.1) is 11.6 Å². The molecule has 1 aliphatic heterocycles. The van der Waals surface area contributed by atoms with Crippen molar-refractivity contribution in [3.05, 3.63) is 67.1 Å². The van der Waals surface area contributed by atoms with Crippen LogP contribution in [0.15, 0.2) is 61.3 Å².